The first-order valence-corrected chi connectivity index (χ1v) is 5.63. The molecular weight excluding hydrogens is 234 g/mol. The molecule has 0 radical (unpaired) electrons. The van der Waals surface area contributed by atoms with Crippen LogP contribution in [0.4, 0.5) is 0 Å². The van der Waals surface area contributed by atoms with Gasteiger partial charge < -0.3 is 15.8 Å². The first kappa shape index (κ1) is 13.9. The Morgan fingerprint density at radius 3 is 2.83 bits per heavy atom. The molecule has 0 saturated heterocycles. The third-order valence-corrected chi connectivity index (χ3v) is 2.61. The van der Waals surface area contributed by atoms with E-state index in [2.05, 4.69) is 15.4 Å². The Hall–Kier alpha value is -2.18. The van der Waals surface area contributed by atoms with Crippen LogP contribution >= 0.6 is 0 Å². The van der Waals surface area contributed by atoms with Crippen LogP contribution in [0.5, 0.6) is 0 Å². The molecule has 0 aliphatic heterocycles. The van der Waals surface area contributed by atoms with Crippen LogP contribution in [0, 0.1) is 5.92 Å². The van der Waals surface area contributed by atoms with Crippen molar-refractivity contribution in [3.8, 4) is 0 Å². The molecule has 1 atom stereocenters. The second kappa shape index (κ2) is 6.53. The van der Waals surface area contributed by atoms with Crippen LogP contribution in [0.15, 0.2) is 23.6 Å². The summed E-state index contributed by atoms with van der Waals surface area (Å²) in [5.41, 5.74) is 5.97. The van der Waals surface area contributed by atoms with E-state index in [1.54, 1.807) is 17.9 Å². The van der Waals surface area contributed by atoms with Gasteiger partial charge in [0.05, 0.1) is 18.0 Å². The second-order valence-corrected chi connectivity index (χ2v) is 3.90. The first-order chi connectivity index (χ1) is 8.60. The highest BCUT2D eigenvalue weighted by Crippen LogP contribution is 2.06. The molecule has 0 aliphatic carbocycles. The van der Waals surface area contributed by atoms with E-state index in [0.29, 0.717) is 18.7 Å². The lowest BCUT2D eigenvalue weighted by molar-refractivity contribution is 0.0753. The molecule has 0 saturated carbocycles. The standard InChI is InChI=1S/C11H17N5O2/c1-3-16(7-8(2)10(12)15-18)11(17)9-4-5-13-14-6-9/h4-6,8,18H,3,7H2,1-2H3,(H2,12,15). The topological polar surface area (TPSA) is 105 Å². The third kappa shape index (κ3) is 3.41. The van der Waals surface area contributed by atoms with Crippen molar-refractivity contribution in [1.29, 1.82) is 0 Å². The van der Waals surface area contributed by atoms with Crippen LogP contribution in [-0.2, 0) is 0 Å². The molecule has 18 heavy (non-hydrogen) atoms. The average Bonchev–Trinajstić information content (AvgIpc) is 2.43. The summed E-state index contributed by atoms with van der Waals surface area (Å²) in [6, 6.07) is 1.60. The van der Waals surface area contributed by atoms with Crippen molar-refractivity contribution in [2.75, 3.05) is 13.1 Å². The van der Waals surface area contributed by atoms with Crippen LogP contribution in [0.3, 0.4) is 0 Å². The van der Waals surface area contributed by atoms with Crippen molar-refractivity contribution in [2.24, 2.45) is 16.8 Å². The van der Waals surface area contributed by atoms with Gasteiger partial charge in [-0.1, -0.05) is 12.1 Å². The highest BCUT2D eigenvalue weighted by atomic mass is 16.4. The predicted molar refractivity (Wildman–Crippen MR) is 66.2 cm³/mol. The fourth-order valence-corrected chi connectivity index (χ4v) is 1.48. The van der Waals surface area contributed by atoms with Crippen LogP contribution in [-0.4, -0.2) is 45.1 Å². The highest BCUT2D eigenvalue weighted by molar-refractivity contribution is 5.94. The Morgan fingerprint density at radius 2 is 2.33 bits per heavy atom. The normalized spacial score (nSPS) is 13.1. The Bertz CT molecular complexity index is 421. The smallest absolute Gasteiger partial charge is 0.255 e. The summed E-state index contributed by atoms with van der Waals surface area (Å²) >= 11 is 0. The van der Waals surface area contributed by atoms with Gasteiger partial charge in [0, 0.05) is 19.0 Å². The Labute approximate surface area is 105 Å². The molecule has 1 rings (SSSR count). The zero-order valence-corrected chi connectivity index (χ0v) is 10.4. The SMILES string of the molecule is CCN(CC(C)/C(N)=N/O)C(=O)c1ccnnc1. The molecular formula is C11H17N5O2. The quantitative estimate of drug-likeness (QED) is 0.339. The van der Waals surface area contributed by atoms with E-state index in [9.17, 15) is 4.79 Å². The van der Waals surface area contributed by atoms with Gasteiger partial charge in [-0.3, -0.25) is 4.79 Å². The highest BCUT2D eigenvalue weighted by Gasteiger charge is 2.18. The summed E-state index contributed by atoms with van der Waals surface area (Å²) in [4.78, 5) is 13.7. The average molecular weight is 251 g/mol. The number of hydrogen-bond acceptors (Lipinski definition) is 5. The molecule has 98 valence electrons. The number of carbonyl (C=O) groups is 1. The monoisotopic (exact) mass is 251 g/mol. The van der Waals surface area contributed by atoms with E-state index < -0.39 is 0 Å². The van der Waals surface area contributed by atoms with Gasteiger partial charge in [0.2, 0.25) is 0 Å². The molecule has 1 aromatic rings. The summed E-state index contributed by atoms with van der Waals surface area (Å²) in [7, 11) is 0. The van der Waals surface area contributed by atoms with Crippen molar-refractivity contribution in [3.63, 3.8) is 0 Å². The molecule has 0 aliphatic rings. The zero-order valence-electron chi connectivity index (χ0n) is 10.4. The summed E-state index contributed by atoms with van der Waals surface area (Å²) in [5.74, 6) is -0.257. The van der Waals surface area contributed by atoms with Crippen molar-refractivity contribution in [3.05, 3.63) is 24.0 Å². The molecule has 0 spiro atoms. The van der Waals surface area contributed by atoms with E-state index in [1.165, 1.54) is 12.4 Å². The molecule has 1 unspecified atom stereocenters. The van der Waals surface area contributed by atoms with Crippen LogP contribution in [0.25, 0.3) is 0 Å². The number of nitrogens with zero attached hydrogens (tertiary/aromatic N) is 4. The van der Waals surface area contributed by atoms with Gasteiger partial charge in [0.25, 0.3) is 5.91 Å². The molecule has 0 aromatic carbocycles. The minimum absolute atomic E-state index is 0.106. The number of aromatic nitrogens is 2. The van der Waals surface area contributed by atoms with Crippen molar-refractivity contribution in [1.82, 2.24) is 15.1 Å². The van der Waals surface area contributed by atoms with E-state index in [0.717, 1.165) is 0 Å². The Morgan fingerprint density at radius 1 is 1.61 bits per heavy atom. The number of amides is 1. The lowest BCUT2D eigenvalue weighted by Crippen LogP contribution is -2.38. The number of oxime groups is 1. The first-order valence-electron chi connectivity index (χ1n) is 5.63. The zero-order chi connectivity index (χ0) is 13.5. The summed E-state index contributed by atoms with van der Waals surface area (Å²) in [5, 5.41) is 18.8. The van der Waals surface area contributed by atoms with Crippen molar-refractivity contribution >= 4 is 11.7 Å². The van der Waals surface area contributed by atoms with Gasteiger partial charge >= 0.3 is 0 Å². The molecule has 1 aromatic heterocycles. The van der Waals surface area contributed by atoms with Gasteiger partial charge in [-0.15, -0.1) is 0 Å². The maximum absolute atomic E-state index is 12.1. The molecule has 1 amide bonds. The molecule has 0 bridgehead atoms. The lowest BCUT2D eigenvalue weighted by atomic mass is 10.1. The van der Waals surface area contributed by atoms with E-state index in [1.807, 2.05) is 6.92 Å². The Balaban J connectivity index is 2.76. The fourth-order valence-electron chi connectivity index (χ4n) is 1.48. The molecule has 7 nitrogen and oxygen atoms in total. The number of carbonyl (C=O) groups excluding carboxylic acids is 1. The Kier molecular flexibility index (Phi) is 5.04. The van der Waals surface area contributed by atoms with Crippen molar-refractivity contribution < 1.29 is 10.0 Å². The van der Waals surface area contributed by atoms with Crippen LogP contribution in [0.1, 0.15) is 24.2 Å². The molecule has 7 heteroatoms. The minimum Gasteiger partial charge on any atom is -0.409 e. The number of rotatable bonds is 5. The lowest BCUT2D eigenvalue weighted by Gasteiger charge is -2.23. The summed E-state index contributed by atoms with van der Waals surface area (Å²) in [6.45, 7) is 4.57. The minimum atomic E-state index is -0.214. The van der Waals surface area contributed by atoms with E-state index in [4.69, 9.17) is 10.9 Å². The van der Waals surface area contributed by atoms with Gasteiger partial charge in [-0.2, -0.15) is 10.2 Å². The van der Waals surface area contributed by atoms with Gasteiger partial charge in [-0.25, -0.2) is 0 Å². The maximum atomic E-state index is 12.1. The predicted octanol–water partition coefficient (Wildman–Crippen LogP) is 0.321. The second-order valence-electron chi connectivity index (χ2n) is 3.90. The molecule has 0 fully saturated rings. The summed E-state index contributed by atoms with van der Waals surface area (Å²) < 4.78 is 0. The number of nitrogens with two attached hydrogens (primary N) is 1. The third-order valence-electron chi connectivity index (χ3n) is 2.61. The van der Waals surface area contributed by atoms with Gasteiger partial charge in [0.1, 0.15) is 5.84 Å². The fraction of sp³-hybridized carbons (Fsp3) is 0.455. The van der Waals surface area contributed by atoms with Crippen molar-refractivity contribution in [2.45, 2.75) is 13.8 Å². The number of amidine groups is 1. The van der Waals surface area contributed by atoms with E-state index in [-0.39, 0.29) is 17.7 Å². The maximum Gasteiger partial charge on any atom is 0.255 e. The largest absolute Gasteiger partial charge is 0.409 e. The molecule has 1 heterocycles. The summed E-state index contributed by atoms with van der Waals surface area (Å²) in [6.07, 6.45) is 2.88. The van der Waals surface area contributed by atoms with Gasteiger partial charge in [-0.05, 0) is 13.0 Å². The van der Waals surface area contributed by atoms with Gasteiger partial charge in [0.15, 0.2) is 0 Å². The number of hydrogen-bond donors (Lipinski definition) is 2. The molecule has 3 N–H and O–H groups in total. The van der Waals surface area contributed by atoms with E-state index >= 15 is 0 Å². The van der Waals surface area contributed by atoms with Crippen LogP contribution < -0.4 is 5.73 Å². The van der Waals surface area contributed by atoms with Crippen LogP contribution in [0.2, 0.25) is 0 Å².